The summed E-state index contributed by atoms with van der Waals surface area (Å²) in [5.74, 6) is -1.42. The fourth-order valence-corrected chi connectivity index (χ4v) is 3.31. The normalized spacial score (nSPS) is 11.4. The maximum absolute atomic E-state index is 12.6. The molecule has 0 atom stereocenters. The zero-order valence-electron chi connectivity index (χ0n) is 15.5. The molecular formula is C18H27NO5S. The molecule has 0 aliphatic heterocycles. The summed E-state index contributed by atoms with van der Waals surface area (Å²) in [6, 6.07) is 0. The van der Waals surface area contributed by atoms with Gasteiger partial charge in [0.1, 0.15) is 10.6 Å². The molecule has 0 fully saturated rings. The van der Waals surface area contributed by atoms with Crippen LogP contribution in [0.15, 0.2) is 5.38 Å². The Morgan fingerprint density at radius 2 is 1.80 bits per heavy atom. The summed E-state index contributed by atoms with van der Waals surface area (Å²) in [4.78, 5) is 35.1. The Bertz CT molecular complexity index is 628. The van der Waals surface area contributed by atoms with E-state index in [0.717, 1.165) is 5.56 Å². The molecule has 1 aromatic rings. The van der Waals surface area contributed by atoms with Gasteiger partial charge >= 0.3 is 11.9 Å². The summed E-state index contributed by atoms with van der Waals surface area (Å²) in [5.41, 5.74) is 0.639. The molecule has 6 nitrogen and oxygen atoms in total. The van der Waals surface area contributed by atoms with E-state index in [9.17, 15) is 14.4 Å². The molecule has 0 saturated heterocycles. The molecule has 0 bridgehead atoms. The van der Waals surface area contributed by atoms with Crippen molar-refractivity contribution < 1.29 is 24.2 Å². The van der Waals surface area contributed by atoms with Gasteiger partial charge in [0, 0.05) is 12.8 Å². The summed E-state index contributed by atoms with van der Waals surface area (Å²) in [6.45, 7) is 9.36. The topological polar surface area (TPSA) is 92.7 Å². The summed E-state index contributed by atoms with van der Waals surface area (Å²) >= 11 is 1.30. The highest BCUT2D eigenvalue weighted by Gasteiger charge is 2.26. The largest absolute Gasteiger partial charge is 0.481 e. The molecule has 1 heterocycles. The number of esters is 1. The van der Waals surface area contributed by atoms with Crippen LogP contribution in [0.2, 0.25) is 0 Å². The van der Waals surface area contributed by atoms with E-state index in [0.29, 0.717) is 23.4 Å². The lowest BCUT2D eigenvalue weighted by atomic mass is 10.0. The number of anilines is 1. The van der Waals surface area contributed by atoms with Crippen LogP contribution in [-0.2, 0) is 14.3 Å². The van der Waals surface area contributed by atoms with Crippen LogP contribution in [0.3, 0.4) is 0 Å². The van der Waals surface area contributed by atoms with Gasteiger partial charge in [-0.3, -0.25) is 9.59 Å². The zero-order chi connectivity index (χ0) is 19.2. The second-order valence-electron chi connectivity index (χ2n) is 7.20. The van der Waals surface area contributed by atoms with E-state index in [-0.39, 0.29) is 24.7 Å². The number of hydrogen-bond donors (Lipinski definition) is 2. The molecule has 0 unspecified atom stereocenters. The maximum Gasteiger partial charge on any atom is 0.341 e. The second-order valence-corrected chi connectivity index (χ2v) is 8.08. The van der Waals surface area contributed by atoms with Gasteiger partial charge in [-0.15, -0.1) is 11.3 Å². The van der Waals surface area contributed by atoms with Crippen molar-refractivity contribution in [3.8, 4) is 0 Å². The van der Waals surface area contributed by atoms with Gasteiger partial charge in [-0.1, -0.05) is 13.8 Å². The molecule has 25 heavy (non-hydrogen) atoms. The van der Waals surface area contributed by atoms with E-state index in [2.05, 4.69) is 5.32 Å². The quantitative estimate of drug-likeness (QED) is 0.523. The Labute approximate surface area is 152 Å². The Hall–Kier alpha value is -1.89. The number of carbonyl (C=O) groups is 3. The first-order valence-corrected chi connectivity index (χ1v) is 9.25. The molecule has 1 aromatic heterocycles. The molecule has 0 spiro atoms. The van der Waals surface area contributed by atoms with Crippen molar-refractivity contribution in [1.82, 2.24) is 0 Å². The predicted octanol–water partition coefficient (Wildman–Crippen LogP) is 4.41. The van der Waals surface area contributed by atoms with Crippen LogP contribution in [0.25, 0.3) is 0 Å². The van der Waals surface area contributed by atoms with E-state index >= 15 is 0 Å². The minimum Gasteiger partial charge on any atom is -0.481 e. The Morgan fingerprint density at radius 1 is 1.20 bits per heavy atom. The monoisotopic (exact) mass is 369 g/mol. The first kappa shape index (κ1) is 21.2. The number of unbranched alkanes of at least 4 members (excludes halogenated alkanes) is 1. The third-order valence-electron chi connectivity index (χ3n) is 3.34. The van der Waals surface area contributed by atoms with Gasteiger partial charge in [-0.2, -0.15) is 0 Å². The number of aliphatic carboxylic acids is 1. The molecule has 0 aliphatic carbocycles. The summed E-state index contributed by atoms with van der Waals surface area (Å²) in [5, 5.41) is 13.7. The number of carboxylic acid groups (broad SMARTS) is 1. The van der Waals surface area contributed by atoms with Crippen LogP contribution in [-0.4, -0.2) is 28.6 Å². The van der Waals surface area contributed by atoms with Gasteiger partial charge in [0.05, 0.1) is 5.56 Å². The van der Waals surface area contributed by atoms with Crippen molar-refractivity contribution in [3.63, 3.8) is 0 Å². The number of thiophene rings is 1. The van der Waals surface area contributed by atoms with Crippen LogP contribution in [0.4, 0.5) is 5.00 Å². The van der Waals surface area contributed by atoms with Gasteiger partial charge in [0.25, 0.3) is 0 Å². The Morgan fingerprint density at radius 3 is 2.32 bits per heavy atom. The summed E-state index contributed by atoms with van der Waals surface area (Å²) in [7, 11) is 0. The minimum absolute atomic E-state index is 0.0485. The van der Waals surface area contributed by atoms with E-state index in [1.165, 1.54) is 11.3 Å². The highest BCUT2D eigenvalue weighted by atomic mass is 32.1. The van der Waals surface area contributed by atoms with Crippen molar-refractivity contribution >= 4 is 34.2 Å². The lowest BCUT2D eigenvalue weighted by molar-refractivity contribution is -0.137. The van der Waals surface area contributed by atoms with E-state index in [4.69, 9.17) is 9.84 Å². The molecule has 1 rings (SSSR count). The van der Waals surface area contributed by atoms with Crippen LogP contribution in [0.5, 0.6) is 0 Å². The zero-order valence-corrected chi connectivity index (χ0v) is 16.3. The van der Waals surface area contributed by atoms with Crippen molar-refractivity contribution in [2.45, 2.75) is 71.8 Å². The van der Waals surface area contributed by atoms with E-state index in [1.54, 1.807) is 20.8 Å². The minimum atomic E-state index is -0.868. The van der Waals surface area contributed by atoms with Gasteiger partial charge in [-0.05, 0) is 50.5 Å². The SMILES string of the molecule is CC(C)c1csc(NC(=O)CCCCC(=O)O)c1C(=O)OC(C)(C)C. The first-order valence-electron chi connectivity index (χ1n) is 8.37. The first-order chi connectivity index (χ1) is 11.5. The average Bonchev–Trinajstić information content (AvgIpc) is 2.85. The number of amides is 1. The number of nitrogens with one attached hydrogen (secondary N) is 1. The van der Waals surface area contributed by atoms with Crippen LogP contribution in [0, 0.1) is 0 Å². The molecule has 0 aliphatic rings. The van der Waals surface area contributed by atoms with Crippen molar-refractivity contribution in [3.05, 3.63) is 16.5 Å². The molecule has 0 radical (unpaired) electrons. The van der Waals surface area contributed by atoms with Crippen molar-refractivity contribution in [2.75, 3.05) is 5.32 Å². The van der Waals surface area contributed by atoms with Gasteiger partial charge in [0.15, 0.2) is 0 Å². The fraction of sp³-hybridized carbons (Fsp3) is 0.611. The summed E-state index contributed by atoms with van der Waals surface area (Å²) in [6.07, 6.45) is 1.20. The Kier molecular flexibility index (Phi) is 7.60. The molecule has 0 saturated carbocycles. The van der Waals surface area contributed by atoms with Crippen molar-refractivity contribution in [1.29, 1.82) is 0 Å². The highest BCUT2D eigenvalue weighted by Crippen LogP contribution is 2.34. The van der Waals surface area contributed by atoms with Crippen LogP contribution >= 0.6 is 11.3 Å². The van der Waals surface area contributed by atoms with E-state index < -0.39 is 17.5 Å². The second kappa shape index (κ2) is 8.99. The Balaban J connectivity index is 2.84. The standard InChI is InChI=1S/C18H27NO5S/c1-11(2)12-10-25-16(15(12)17(23)24-18(3,4)5)19-13(20)8-6-7-9-14(21)22/h10-11H,6-9H2,1-5H3,(H,19,20)(H,21,22). The van der Waals surface area contributed by atoms with Gasteiger partial charge in [-0.25, -0.2) is 4.79 Å². The molecule has 1 amide bonds. The summed E-state index contributed by atoms with van der Waals surface area (Å²) < 4.78 is 5.47. The van der Waals surface area contributed by atoms with Crippen LogP contribution < -0.4 is 5.32 Å². The number of hydrogen-bond acceptors (Lipinski definition) is 5. The number of carbonyl (C=O) groups excluding carboxylic acids is 2. The number of carboxylic acids is 1. The lowest BCUT2D eigenvalue weighted by Crippen LogP contribution is -2.25. The third kappa shape index (κ3) is 7.25. The average molecular weight is 369 g/mol. The van der Waals surface area contributed by atoms with Crippen molar-refractivity contribution in [2.24, 2.45) is 0 Å². The van der Waals surface area contributed by atoms with Gasteiger partial charge in [0.2, 0.25) is 5.91 Å². The lowest BCUT2D eigenvalue weighted by Gasteiger charge is -2.20. The molecule has 7 heteroatoms. The highest BCUT2D eigenvalue weighted by molar-refractivity contribution is 7.15. The maximum atomic E-state index is 12.6. The van der Waals surface area contributed by atoms with Gasteiger partial charge < -0.3 is 15.2 Å². The van der Waals surface area contributed by atoms with E-state index in [1.807, 2.05) is 19.2 Å². The molecule has 2 N–H and O–H groups in total. The smallest absolute Gasteiger partial charge is 0.341 e. The molecule has 140 valence electrons. The number of ether oxygens (including phenoxy) is 1. The fourth-order valence-electron chi connectivity index (χ4n) is 2.18. The molecular weight excluding hydrogens is 342 g/mol. The predicted molar refractivity (Wildman–Crippen MR) is 98.3 cm³/mol. The molecule has 0 aromatic carbocycles. The van der Waals surface area contributed by atoms with Crippen LogP contribution in [0.1, 0.15) is 82.1 Å². The third-order valence-corrected chi connectivity index (χ3v) is 4.26. The number of rotatable bonds is 8.